The van der Waals surface area contributed by atoms with Crippen molar-refractivity contribution in [1.29, 1.82) is 5.26 Å². The minimum atomic E-state index is -4.65. The Morgan fingerprint density at radius 1 is 1.13 bits per heavy atom. The highest BCUT2D eigenvalue weighted by molar-refractivity contribution is 5.44. The number of hydrogen-bond acceptors (Lipinski definition) is 6. The van der Waals surface area contributed by atoms with Crippen molar-refractivity contribution in [3.8, 4) is 17.6 Å². The van der Waals surface area contributed by atoms with Crippen LogP contribution in [0.4, 0.5) is 13.2 Å². The van der Waals surface area contributed by atoms with Gasteiger partial charge in [0.05, 0.1) is 36.6 Å². The van der Waals surface area contributed by atoms with Crippen molar-refractivity contribution in [2.24, 2.45) is 0 Å². The van der Waals surface area contributed by atoms with Crippen LogP contribution in [0.15, 0.2) is 36.7 Å². The lowest BCUT2D eigenvalue weighted by Gasteiger charge is -2.20. The molecule has 1 aromatic heterocycles. The zero-order valence-corrected chi connectivity index (χ0v) is 16.7. The van der Waals surface area contributed by atoms with E-state index in [9.17, 15) is 13.2 Å². The van der Waals surface area contributed by atoms with Crippen LogP contribution in [0.5, 0.6) is 11.5 Å². The zero-order chi connectivity index (χ0) is 22.0. The Morgan fingerprint density at radius 3 is 2.60 bits per heavy atom. The molecule has 2 rings (SSSR count). The van der Waals surface area contributed by atoms with E-state index in [2.05, 4.69) is 4.98 Å². The summed E-state index contributed by atoms with van der Waals surface area (Å²) in [6.45, 7) is 2.77. The largest absolute Gasteiger partial charge is 0.486 e. The van der Waals surface area contributed by atoms with Crippen LogP contribution >= 0.6 is 0 Å². The fraction of sp³-hybridized carbons (Fsp3) is 0.429. The van der Waals surface area contributed by atoms with E-state index in [1.54, 1.807) is 25.4 Å². The quantitative estimate of drug-likeness (QED) is 0.378. The lowest BCUT2D eigenvalue weighted by atomic mass is 10.1. The van der Waals surface area contributed by atoms with Crippen molar-refractivity contribution >= 4 is 0 Å². The summed E-state index contributed by atoms with van der Waals surface area (Å²) >= 11 is 0. The highest BCUT2D eigenvalue weighted by Crippen LogP contribution is 2.36. The molecule has 0 fully saturated rings. The number of alkyl halides is 3. The molecular weight excluding hydrogens is 401 g/mol. The molecule has 0 aliphatic rings. The Bertz CT molecular complexity index is 853. The van der Waals surface area contributed by atoms with Gasteiger partial charge in [0.2, 0.25) is 0 Å². The number of hydrogen-bond donors (Lipinski definition) is 0. The molecular formula is C21H23F3N2O4. The fourth-order valence-electron chi connectivity index (χ4n) is 2.65. The maximum Gasteiger partial charge on any atom is 0.417 e. The lowest BCUT2D eigenvalue weighted by Crippen LogP contribution is -2.12. The van der Waals surface area contributed by atoms with Gasteiger partial charge in [-0.25, -0.2) is 0 Å². The number of nitrogens with zero attached hydrogens (tertiary/aromatic N) is 2. The maximum absolute atomic E-state index is 13.2. The number of nitriles is 1. The highest BCUT2D eigenvalue weighted by atomic mass is 19.4. The van der Waals surface area contributed by atoms with Gasteiger partial charge in [-0.2, -0.15) is 18.4 Å². The maximum atomic E-state index is 13.2. The smallest absolute Gasteiger partial charge is 0.417 e. The summed E-state index contributed by atoms with van der Waals surface area (Å²) in [7, 11) is 1.57. The molecule has 0 saturated heterocycles. The van der Waals surface area contributed by atoms with Gasteiger partial charge in [0.1, 0.15) is 17.6 Å². The van der Waals surface area contributed by atoms with E-state index in [-0.39, 0.29) is 12.5 Å². The second-order valence-corrected chi connectivity index (χ2v) is 6.33. The summed E-state index contributed by atoms with van der Waals surface area (Å²) < 4.78 is 61.1. The van der Waals surface area contributed by atoms with Crippen LogP contribution in [0.25, 0.3) is 0 Å². The molecule has 1 atom stereocenters. The number of benzene rings is 1. The molecule has 0 radical (unpaired) electrons. The van der Waals surface area contributed by atoms with Crippen LogP contribution in [-0.2, 0) is 15.7 Å². The van der Waals surface area contributed by atoms with Crippen molar-refractivity contribution in [3.63, 3.8) is 0 Å². The number of methoxy groups -OCH3 is 1. The normalized spacial score (nSPS) is 12.3. The standard InChI is InChI=1S/C21H23F3N2O4/c1-3-4-20(16-9-18(13-26-12-16)29-14-28-8-7-27-2)30-17-6-5-15(11-25)19(10-17)21(22,23)24/h5-6,9-10,12-13,20H,3-4,7-8,14H2,1-2H3. The third kappa shape index (κ3) is 6.90. The molecule has 1 unspecified atom stereocenters. The minimum Gasteiger partial charge on any atom is -0.486 e. The van der Waals surface area contributed by atoms with Crippen LogP contribution in [-0.4, -0.2) is 32.1 Å². The molecule has 9 heteroatoms. The Morgan fingerprint density at radius 2 is 1.93 bits per heavy atom. The second-order valence-electron chi connectivity index (χ2n) is 6.33. The topological polar surface area (TPSA) is 73.6 Å². The van der Waals surface area contributed by atoms with E-state index in [1.807, 2.05) is 6.92 Å². The molecule has 0 aliphatic carbocycles. The van der Waals surface area contributed by atoms with Crippen LogP contribution in [0, 0.1) is 11.3 Å². The molecule has 0 aliphatic heterocycles. The molecule has 0 spiro atoms. The van der Waals surface area contributed by atoms with Crippen LogP contribution < -0.4 is 9.47 Å². The van der Waals surface area contributed by atoms with Gasteiger partial charge in [0, 0.05) is 18.9 Å². The predicted octanol–water partition coefficient (Wildman–Crippen LogP) is 4.89. The number of aromatic nitrogens is 1. The van der Waals surface area contributed by atoms with Crippen molar-refractivity contribution in [2.45, 2.75) is 32.0 Å². The first-order valence-corrected chi connectivity index (χ1v) is 9.31. The average molecular weight is 424 g/mol. The molecule has 6 nitrogen and oxygen atoms in total. The summed E-state index contributed by atoms with van der Waals surface area (Å²) in [6.07, 6.45) is -0.810. The van der Waals surface area contributed by atoms with E-state index >= 15 is 0 Å². The first-order chi connectivity index (χ1) is 14.4. The van der Waals surface area contributed by atoms with Gasteiger partial charge in [-0.15, -0.1) is 0 Å². The third-order valence-corrected chi connectivity index (χ3v) is 4.09. The van der Waals surface area contributed by atoms with E-state index < -0.39 is 23.4 Å². The Hall–Kier alpha value is -2.83. The summed E-state index contributed by atoms with van der Waals surface area (Å²) in [6, 6.07) is 6.58. The number of ether oxygens (including phenoxy) is 4. The molecule has 162 valence electrons. The lowest BCUT2D eigenvalue weighted by molar-refractivity contribution is -0.137. The van der Waals surface area contributed by atoms with Gasteiger partial charge in [-0.3, -0.25) is 4.98 Å². The number of pyridine rings is 1. The zero-order valence-electron chi connectivity index (χ0n) is 16.7. The molecule has 0 bridgehead atoms. The summed E-state index contributed by atoms with van der Waals surface area (Å²) in [5.41, 5.74) is -0.822. The van der Waals surface area contributed by atoms with Gasteiger partial charge in [-0.05, 0) is 30.7 Å². The summed E-state index contributed by atoms with van der Waals surface area (Å²) in [5, 5.41) is 8.94. The first kappa shape index (κ1) is 23.4. The third-order valence-electron chi connectivity index (χ3n) is 4.09. The molecule has 1 heterocycles. The number of halogens is 3. The second kappa shape index (κ2) is 11.4. The molecule has 0 N–H and O–H groups in total. The Labute approximate surface area is 173 Å². The summed E-state index contributed by atoms with van der Waals surface area (Å²) in [5.74, 6) is 0.472. The van der Waals surface area contributed by atoms with E-state index in [0.717, 1.165) is 18.6 Å². The SMILES string of the molecule is CCCC(Oc1ccc(C#N)c(C(F)(F)F)c1)c1cncc(OCOCCOC)c1. The van der Waals surface area contributed by atoms with Gasteiger partial charge in [0.25, 0.3) is 0 Å². The van der Waals surface area contributed by atoms with Gasteiger partial charge < -0.3 is 18.9 Å². The molecule has 0 amide bonds. The monoisotopic (exact) mass is 424 g/mol. The van der Waals surface area contributed by atoms with Crippen LogP contribution in [0.1, 0.15) is 42.6 Å². The first-order valence-electron chi connectivity index (χ1n) is 9.31. The van der Waals surface area contributed by atoms with Gasteiger partial charge >= 0.3 is 6.18 Å². The molecule has 30 heavy (non-hydrogen) atoms. The van der Waals surface area contributed by atoms with Crippen molar-refractivity contribution in [1.82, 2.24) is 4.98 Å². The van der Waals surface area contributed by atoms with Crippen molar-refractivity contribution in [2.75, 3.05) is 27.1 Å². The van der Waals surface area contributed by atoms with Crippen molar-refractivity contribution < 1.29 is 32.1 Å². The van der Waals surface area contributed by atoms with Gasteiger partial charge in [-0.1, -0.05) is 13.3 Å². The van der Waals surface area contributed by atoms with Crippen molar-refractivity contribution in [3.05, 3.63) is 53.3 Å². The van der Waals surface area contributed by atoms with E-state index in [0.29, 0.717) is 30.9 Å². The average Bonchev–Trinajstić information content (AvgIpc) is 2.73. The fourth-order valence-corrected chi connectivity index (χ4v) is 2.65. The Balaban J connectivity index is 2.16. The van der Waals surface area contributed by atoms with Gasteiger partial charge in [0.15, 0.2) is 6.79 Å². The van der Waals surface area contributed by atoms with Crippen LogP contribution in [0.3, 0.4) is 0 Å². The summed E-state index contributed by atoms with van der Waals surface area (Å²) in [4.78, 5) is 4.12. The molecule has 2 aromatic rings. The highest BCUT2D eigenvalue weighted by Gasteiger charge is 2.34. The van der Waals surface area contributed by atoms with E-state index in [1.165, 1.54) is 12.3 Å². The minimum absolute atomic E-state index is 0.0123. The molecule has 0 saturated carbocycles. The van der Waals surface area contributed by atoms with E-state index in [4.69, 9.17) is 24.2 Å². The predicted molar refractivity (Wildman–Crippen MR) is 102 cm³/mol. The van der Waals surface area contributed by atoms with Crippen LogP contribution in [0.2, 0.25) is 0 Å². The number of rotatable bonds is 11. The Kier molecular flexibility index (Phi) is 8.89. The molecule has 1 aromatic carbocycles.